The summed E-state index contributed by atoms with van der Waals surface area (Å²) in [7, 11) is 0. The smallest absolute Gasteiger partial charge is 0.320 e. The molecule has 0 fully saturated rings. The monoisotopic (exact) mass is 255 g/mol. The number of hydrogen-bond acceptors (Lipinski definition) is 2. The van der Waals surface area contributed by atoms with Crippen LogP contribution in [0, 0.1) is 5.92 Å². The molecule has 0 radical (unpaired) electrons. The molecule has 0 aliphatic rings. The molecule has 0 aromatic heterocycles. The lowest BCUT2D eigenvalue weighted by Gasteiger charge is -2.23. The summed E-state index contributed by atoms with van der Waals surface area (Å²) in [6, 6.07) is 6.86. The third-order valence-corrected chi connectivity index (χ3v) is 2.98. The average molecular weight is 256 g/mol. The van der Waals surface area contributed by atoms with Gasteiger partial charge in [0.2, 0.25) is 0 Å². The maximum atomic E-state index is 11.1. The third-order valence-electron chi connectivity index (χ3n) is 2.73. The predicted molar refractivity (Wildman–Crippen MR) is 69.3 cm³/mol. The molecule has 0 amide bonds. The van der Waals surface area contributed by atoms with E-state index in [9.17, 15) is 4.79 Å². The van der Waals surface area contributed by atoms with Crippen molar-refractivity contribution in [3.63, 3.8) is 0 Å². The van der Waals surface area contributed by atoms with Crippen molar-refractivity contribution in [3.8, 4) is 0 Å². The quantitative estimate of drug-likeness (QED) is 0.850. The molecule has 2 unspecified atom stereocenters. The van der Waals surface area contributed by atoms with Crippen LogP contribution >= 0.6 is 11.6 Å². The van der Waals surface area contributed by atoms with Gasteiger partial charge in [-0.15, -0.1) is 0 Å². The molecule has 0 aliphatic heterocycles. The van der Waals surface area contributed by atoms with Crippen molar-refractivity contribution >= 4 is 17.6 Å². The second-order valence-electron chi connectivity index (χ2n) is 4.50. The van der Waals surface area contributed by atoms with Crippen LogP contribution in [0.15, 0.2) is 24.3 Å². The highest BCUT2D eigenvalue weighted by Crippen LogP contribution is 2.17. The molecule has 2 N–H and O–H groups in total. The second kappa shape index (κ2) is 6.03. The van der Waals surface area contributed by atoms with Crippen molar-refractivity contribution in [1.82, 2.24) is 5.32 Å². The number of carboxylic acid groups (broad SMARTS) is 1. The van der Waals surface area contributed by atoms with E-state index in [1.54, 1.807) is 12.1 Å². The Morgan fingerprint density at radius 3 is 2.18 bits per heavy atom. The van der Waals surface area contributed by atoms with Gasteiger partial charge >= 0.3 is 5.97 Å². The van der Waals surface area contributed by atoms with Crippen molar-refractivity contribution in [1.29, 1.82) is 0 Å². The molecule has 2 atom stereocenters. The maximum absolute atomic E-state index is 11.1. The lowest BCUT2D eigenvalue weighted by Crippen LogP contribution is -2.42. The van der Waals surface area contributed by atoms with E-state index >= 15 is 0 Å². The van der Waals surface area contributed by atoms with Crippen LogP contribution in [0.3, 0.4) is 0 Å². The fraction of sp³-hybridized carbons (Fsp3) is 0.462. The minimum atomic E-state index is -0.819. The summed E-state index contributed by atoms with van der Waals surface area (Å²) >= 11 is 5.81. The molecule has 1 aromatic rings. The molecule has 0 saturated heterocycles. The van der Waals surface area contributed by atoms with Gasteiger partial charge in [-0.2, -0.15) is 0 Å². The summed E-state index contributed by atoms with van der Waals surface area (Å²) in [5, 5.41) is 12.9. The van der Waals surface area contributed by atoms with E-state index in [1.807, 2.05) is 32.9 Å². The number of rotatable bonds is 5. The Hall–Kier alpha value is -1.06. The van der Waals surface area contributed by atoms with Gasteiger partial charge in [0.15, 0.2) is 0 Å². The Morgan fingerprint density at radius 2 is 1.76 bits per heavy atom. The molecule has 4 heteroatoms. The highest BCUT2D eigenvalue weighted by atomic mass is 35.5. The molecule has 0 saturated carbocycles. The van der Waals surface area contributed by atoms with E-state index in [0.29, 0.717) is 5.02 Å². The maximum Gasteiger partial charge on any atom is 0.320 e. The molecule has 0 bridgehead atoms. The first-order valence-corrected chi connectivity index (χ1v) is 6.04. The normalized spacial score (nSPS) is 14.6. The second-order valence-corrected chi connectivity index (χ2v) is 4.94. The molecule has 1 rings (SSSR count). The van der Waals surface area contributed by atoms with Crippen molar-refractivity contribution in [3.05, 3.63) is 34.9 Å². The van der Waals surface area contributed by atoms with E-state index in [2.05, 4.69) is 5.32 Å². The zero-order valence-corrected chi connectivity index (χ0v) is 11.0. The summed E-state index contributed by atoms with van der Waals surface area (Å²) in [5.74, 6) is -0.775. The van der Waals surface area contributed by atoms with Crippen LogP contribution in [0.5, 0.6) is 0 Å². The van der Waals surface area contributed by atoms with Gasteiger partial charge in [-0.1, -0.05) is 37.6 Å². The number of carbonyl (C=O) groups is 1. The van der Waals surface area contributed by atoms with Gasteiger partial charge in [0.25, 0.3) is 0 Å². The molecule has 94 valence electrons. The SMILES string of the molecule is CC(NC(C(=O)O)C(C)C)c1ccc(Cl)cc1. The highest BCUT2D eigenvalue weighted by Gasteiger charge is 2.23. The Balaban J connectivity index is 2.73. The zero-order chi connectivity index (χ0) is 13.0. The van der Waals surface area contributed by atoms with Gasteiger partial charge in [-0.3, -0.25) is 10.1 Å². The van der Waals surface area contributed by atoms with Crippen molar-refractivity contribution < 1.29 is 9.90 Å². The van der Waals surface area contributed by atoms with Crippen LogP contribution < -0.4 is 5.32 Å². The van der Waals surface area contributed by atoms with E-state index in [1.165, 1.54) is 0 Å². The molecule has 3 nitrogen and oxygen atoms in total. The van der Waals surface area contributed by atoms with Crippen LogP contribution in [-0.4, -0.2) is 17.1 Å². The molecular weight excluding hydrogens is 238 g/mol. The van der Waals surface area contributed by atoms with Gasteiger partial charge in [-0.25, -0.2) is 0 Å². The van der Waals surface area contributed by atoms with Crippen molar-refractivity contribution in [2.75, 3.05) is 0 Å². The van der Waals surface area contributed by atoms with E-state index in [0.717, 1.165) is 5.56 Å². The number of aliphatic carboxylic acids is 1. The topological polar surface area (TPSA) is 49.3 Å². The molecule has 0 spiro atoms. The summed E-state index contributed by atoms with van der Waals surface area (Å²) in [4.78, 5) is 11.1. The summed E-state index contributed by atoms with van der Waals surface area (Å²) < 4.78 is 0. The van der Waals surface area contributed by atoms with Crippen LogP contribution in [-0.2, 0) is 4.79 Å². The molecule has 17 heavy (non-hydrogen) atoms. The van der Waals surface area contributed by atoms with Gasteiger partial charge in [0, 0.05) is 11.1 Å². The van der Waals surface area contributed by atoms with Crippen LogP contribution in [0.1, 0.15) is 32.4 Å². The van der Waals surface area contributed by atoms with Crippen LogP contribution in [0.4, 0.5) is 0 Å². The zero-order valence-electron chi connectivity index (χ0n) is 10.3. The van der Waals surface area contributed by atoms with E-state index < -0.39 is 12.0 Å². The van der Waals surface area contributed by atoms with Crippen LogP contribution in [0.2, 0.25) is 5.02 Å². The molecule has 1 aromatic carbocycles. The van der Waals surface area contributed by atoms with E-state index in [-0.39, 0.29) is 12.0 Å². The molecule has 0 heterocycles. The van der Waals surface area contributed by atoms with Crippen molar-refractivity contribution in [2.45, 2.75) is 32.9 Å². The third kappa shape index (κ3) is 4.02. The van der Waals surface area contributed by atoms with E-state index in [4.69, 9.17) is 16.7 Å². The fourth-order valence-corrected chi connectivity index (χ4v) is 1.79. The number of nitrogens with one attached hydrogen (secondary N) is 1. The first kappa shape index (κ1) is 14.0. The summed E-state index contributed by atoms with van der Waals surface area (Å²) in [6.07, 6.45) is 0. The minimum absolute atomic E-state index is 0.0178. The number of hydrogen-bond donors (Lipinski definition) is 2. The lowest BCUT2D eigenvalue weighted by atomic mass is 10.0. The lowest BCUT2D eigenvalue weighted by molar-refractivity contribution is -0.140. The Bertz CT molecular complexity index is 376. The largest absolute Gasteiger partial charge is 0.480 e. The Kier molecular flexibility index (Phi) is 4.97. The standard InChI is InChI=1S/C13H18ClNO2/c1-8(2)12(13(16)17)15-9(3)10-4-6-11(14)7-5-10/h4-9,12,15H,1-3H3,(H,16,17). The molecular formula is C13H18ClNO2. The predicted octanol–water partition coefficient (Wildman–Crippen LogP) is 3.10. The summed E-state index contributed by atoms with van der Waals surface area (Å²) in [6.45, 7) is 5.72. The first-order valence-electron chi connectivity index (χ1n) is 5.66. The van der Waals surface area contributed by atoms with Crippen molar-refractivity contribution in [2.24, 2.45) is 5.92 Å². The number of halogens is 1. The molecule has 0 aliphatic carbocycles. The Labute approximate surface area is 107 Å². The summed E-state index contributed by atoms with van der Waals surface area (Å²) in [5.41, 5.74) is 1.03. The van der Waals surface area contributed by atoms with Gasteiger partial charge < -0.3 is 5.11 Å². The minimum Gasteiger partial charge on any atom is -0.480 e. The van der Waals surface area contributed by atoms with Crippen LogP contribution in [0.25, 0.3) is 0 Å². The first-order chi connectivity index (χ1) is 7.91. The number of benzene rings is 1. The van der Waals surface area contributed by atoms with Gasteiger partial charge in [0.1, 0.15) is 6.04 Å². The fourth-order valence-electron chi connectivity index (χ4n) is 1.67. The van der Waals surface area contributed by atoms with Gasteiger partial charge in [0.05, 0.1) is 0 Å². The number of carboxylic acids is 1. The Morgan fingerprint density at radius 1 is 1.24 bits per heavy atom. The van der Waals surface area contributed by atoms with Gasteiger partial charge in [-0.05, 0) is 30.5 Å². The highest BCUT2D eigenvalue weighted by molar-refractivity contribution is 6.30. The average Bonchev–Trinajstić information content (AvgIpc) is 2.25.